The Morgan fingerprint density at radius 1 is 1.36 bits per heavy atom. The fourth-order valence-electron chi connectivity index (χ4n) is 4.22. The molecule has 4 atom stereocenters. The van der Waals surface area contributed by atoms with E-state index in [1.165, 1.54) is 36.8 Å². The van der Waals surface area contributed by atoms with Crippen LogP contribution in [0.1, 0.15) is 52.2 Å². The molecule has 2 aromatic heterocycles. The lowest BCUT2D eigenvalue weighted by molar-refractivity contribution is 0.104. The molecular formula is C23H22BrClFN3O3S. The molecule has 3 aromatic rings. The summed E-state index contributed by atoms with van der Waals surface area (Å²) < 4.78 is 15.1. The average Bonchev–Trinajstić information content (AvgIpc) is 3.36. The number of hydrogen-bond donors (Lipinski definition) is 3. The Balaban J connectivity index is 1.59. The first-order valence-corrected chi connectivity index (χ1v) is 12.4. The van der Waals surface area contributed by atoms with Gasteiger partial charge in [-0.2, -0.15) is 0 Å². The summed E-state index contributed by atoms with van der Waals surface area (Å²) in [6, 6.07) is 5.83. The number of nitrogens with zero attached hydrogens (tertiary/aromatic N) is 2. The van der Waals surface area contributed by atoms with Crippen LogP contribution in [0, 0.1) is 17.7 Å². The Kier molecular flexibility index (Phi) is 7.45. The van der Waals surface area contributed by atoms with Crippen molar-refractivity contribution in [3.05, 3.63) is 73.0 Å². The second kappa shape index (κ2) is 10.1. The highest BCUT2D eigenvalue weighted by molar-refractivity contribution is 9.10. The van der Waals surface area contributed by atoms with Crippen molar-refractivity contribution in [2.75, 3.05) is 11.9 Å². The molecule has 1 saturated carbocycles. The lowest BCUT2D eigenvalue weighted by Crippen LogP contribution is -2.19. The summed E-state index contributed by atoms with van der Waals surface area (Å²) in [5.41, 5.74) is 0.594. The third kappa shape index (κ3) is 5.12. The van der Waals surface area contributed by atoms with E-state index in [-0.39, 0.29) is 50.3 Å². The largest absolute Gasteiger partial charge is 0.396 e. The number of aliphatic hydroxyl groups excluding tert-OH is 2. The van der Waals surface area contributed by atoms with Gasteiger partial charge in [0.15, 0.2) is 0 Å². The molecule has 1 unspecified atom stereocenters. The highest BCUT2D eigenvalue weighted by Crippen LogP contribution is 2.38. The van der Waals surface area contributed by atoms with Crippen molar-refractivity contribution in [2.24, 2.45) is 11.8 Å². The van der Waals surface area contributed by atoms with Crippen molar-refractivity contribution in [1.29, 1.82) is 0 Å². The first kappa shape index (κ1) is 24.2. The number of ketones is 1. The normalized spacial score (nSPS) is 21.2. The van der Waals surface area contributed by atoms with E-state index in [0.29, 0.717) is 16.2 Å². The van der Waals surface area contributed by atoms with Crippen LogP contribution in [0.3, 0.4) is 0 Å². The van der Waals surface area contributed by atoms with Gasteiger partial charge in [-0.05, 0) is 48.9 Å². The predicted molar refractivity (Wildman–Crippen MR) is 129 cm³/mol. The average molecular weight is 555 g/mol. The fourth-order valence-corrected chi connectivity index (χ4v) is 5.87. The molecule has 0 saturated heterocycles. The lowest BCUT2D eigenvalue weighted by atomic mass is 10.00. The third-order valence-electron chi connectivity index (χ3n) is 6.06. The Hall–Kier alpha value is -1.91. The Morgan fingerprint density at radius 2 is 2.15 bits per heavy atom. The molecule has 2 heterocycles. The first-order chi connectivity index (χ1) is 15.8. The minimum Gasteiger partial charge on any atom is -0.396 e. The molecule has 10 heteroatoms. The smallest absolute Gasteiger partial charge is 0.208 e. The monoisotopic (exact) mass is 553 g/mol. The minimum atomic E-state index is -1.33. The summed E-state index contributed by atoms with van der Waals surface area (Å²) in [5, 5.41) is 23.6. The SMILES string of the molecule is C[C@H]1C[C@H](Nc2ncncc2C(=O)c2cc(C(O)c3cc(Br)ccc3F)c(Cl)s2)C[C@@H]1CO. The second-order valence-electron chi connectivity index (χ2n) is 8.25. The van der Waals surface area contributed by atoms with E-state index in [1.54, 1.807) is 0 Å². The number of benzene rings is 1. The fraction of sp³-hybridized carbons (Fsp3) is 0.348. The number of thiophene rings is 1. The molecular weight excluding hydrogens is 533 g/mol. The third-order valence-corrected chi connectivity index (χ3v) is 7.95. The molecule has 1 aromatic carbocycles. The lowest BCUT2D eigenvalue weighted by Gasteiger charge is -2.15. The zero-order valence-electron chi connectivity index (χ0n) is 17.6. The van der Waals surface area contributed by atoms with E-state index in [0.717, 1.165) is 24.2 Å². The number of rotatable bonds is 7. The summed E-state index contributed by atoms with van der Waals surface area (Å²) >= 11 is 10.6. The molecule has 1 aliphatic rings. The maximum absolute atomic E-state index is 14.3. The molecule has 0 amide bonds. The Bertz CT molecular complexity index is 1180. The van der Waals surface area contributed by atoms with Crippen LogP contribution in [0.15, 0.2) is 41.3 Å². The molecule has 0 bridgehead atoms. The van der Waals surface area contributed by atoms with Crippen LogP contribution in [-0.2, 0) is 0 Å². The van der Waals surface area contributed by atoms with Crippen molar-refractivity contribution in [2.45, 2.75) is 31.9 Å². The van der Waals surface area contributed by atoms with Gasteiger partial charge in [-0.25, -0.2) is 14.4 Å². The van der Waals surface area contributed by atoms with Gasteiger partial charge < -0.3 is 15.5 Å². The summed E-state index contributed by atoms with van der Waals surface area (Å²) in [6.07, 6.45) is 3.13. The van der Waals surface area contributed by atoms with Crippen molar-refractivity contribution in [1.82, 2.24) is 9.97 Å². The van der Waals surface area contributed by atoms with Gasteiger partial charge >= 0.3 is 0 Å². The highest BCUT2D eigenvalue weighted by Gasteiger charge is 2.32. The number of nitrogens with one attached hydrogen (secondary N) is 1. The Morgan fingerprint density at radius 3 is 2.88 bits per heavy atom. The number of carbonyl (C=O) groups excluding carboxylic acids is 1. The van der Waals surface area contributed by atoms with Crippen LogP contribution in [0.5, 0.6) is 0 Å². The summed E-state index contributed by atoms with van der Waals surface area (Å²) in [6.45, 7) is 2.23. The van der Waals surface area contributed by atoms with Gasteiger partial charge in [0.25, 0.3) is 0 Å². The quantitative estimate of drug-likeness (QED) is 0.347. The van der Waals surface area contributed by atoms with Crippen molar-refractivity contribution < 1.29 is 19.4 Å². The molecule has 1 aliphatic carbocycles. The van der Waals surface area contributed by atoms with Crippen LogP contribution in [-0.4, -0.2) is 38.6 Å². The molecule has 4 rings (SSSR count). The molecule has 174 valence electrons. The maximum Gasteiger partial charge on any atom is 0.208 e. The predicted octanol–water partition coefficient (Wildman–Crippen LogP) is 5.22. The molecule has 0 aliphatic heterocycles. The first-order valence-electron chi connectivity index (χ1n) is 10.4. The molecule has 1 fully saturated rings. The van der Waals surface area contributed by atoms with Gasteiger partial charge in [-0.15, -0.1) is 11.3 Å². The van der Waals surface area contributed by atoms with E-state index in [4.69, 9.17) is 11.6 Å². The van der Waals surface area contributed by atoms with Crippen LogP contribution >= 0.6 is 38.9 Å². The molecule has 0 radical (unpaired) electrons. The van der Waals surface area contributed by atoms with Gasteiger partial charge in [-0.1, -0.05) is 34.5 Å². The van der Waals surface area contributed by atoms with Crippen molar-refractivity contribution >= 4 is 50.5 Å². The van der Waals surface area contributed by atoms with E-state index in [9.17, 15) is 19.4 Å². The van der Waals surface area contributed by atoms with Gasteiger partial charge in [0, 0.05) is 34.4 Å². The summed E-state index contributed by atoms with van der Waals surface area (Å²) in [7, 11) is 0. The van der Waals surface area contributed by atoms with E-state index < -0.39 is 11.9 Å². The van der Waals surface area contributed by atoms with Crippen LogP contribution < -0.4 is 5.32 Å². The number of carbonyl (C=O) groups is 1. The van der Waals surface area contributed by atoms with Crippen LogP contribution in [0.2, 0.25) is 4.34 Å². The number of halogens is 3. The van der Waals surface area contributed by atoms with E-state index in [2.05, 4.69) is 38.1 Å². The number of aliphatic hydroxyl groups is 2. The Labute approximate surface area is 208 Å². The second-order valence-corrected chi connectivity index (χ2v) is 10.8. The molecule has 3 N–H and O–H groups in total. The summed E-state index contributed by atoms with van der Waals surface area (Å²) in [5.74, 6) is 0.0724. The van der Waals surface area contributed by atoms with E-state index in [1.807, 2.05) is 0 Å². The van der Waals surface area contributed by atoms with Crippen molar-refractivity contribution in [3.8, 4) is 0 Å². The minimum absolute atomic E-state index is 0.0577. The molecule has 33 heavy (non-hydrogen) atoms. The number of hydrogen-bond acceptors (Lipinski definition) is 7. The maximum atomic E-state index is 14.3. The van der Waals surface area contributed by atoms with Crippen LogP contribution in [0.25, 0.3) is 0 Å². The van der Waals surface area contributed by atoms with Gasteiger partial charge in [0.2, 0.25) is 5.78 Å². The highest BCUT2D eigenvalue weighted by atomic mass is 79.9. The molecule has 6 nitrogen and oxygen atoms in total. The number of aromatic nitrogens is 2. The van der Waals surface area contributed by atoms with Crippen molar-refractivity contribution in [3.63, 3.8) is 0 Å². The zero-order chi connectivity index (χ0) is 23.7. The van der Waals surface area contributed by atoms with Gasteiger partial charge in [-0.3, -0.25) is 4.79 Å². The van der Waals surface area contributed by atoms with Gasteiger partial charge in [0.1, 0.15) is 24.1 Å². The standard InChI is InChI=1S/C23H22BrClFN3O3S/c1-11-4-14(5-12(11)9-30)29-23-17(8-27-10-28-23)21(32)19-7-16(22(25)33-19)20(31)15-6-13(24)2-3-18(15)26/h2-3,6-8,10-12,14,20,30-31H,4-5,9H2,1H3,(H,27,28,29)/t11-,12+,14-,20?/m0/s1. The molecule has 0 spiro atoms. The zero-order valence-corrected chi connectivity index (χ0v) is 20.8. The van der Waals surface area contributed by atoms with Gasteiger partial charge in [0.05, 0.1) is 14.8 Å². The van der Waals surface area contributed by atoms with Crippen LogP contribution in [0.4, 0.5) is 10.2 Å². The number of anilines is 1. The topological polar surface area (TPSA) is 95.3 Å². The summed E-state index contributed by atoms with van der Waals surface area (Å²) in [4.78, 5) is 21.8. The van der Waals surface area contributed by atoms with E-state index >= 15 is 0 Å².